The van der Waals surface area contributed by atoms with Crippen molar-refractivity contribution in [3.8, 4) is 28.6 Å². The highest BCUT2D eigenvalue weighted by molar-refractivity contribution is 5.66. The molecule has 0 saturated carbocycles. The van der Waals surface area contributed by atoms with Gasteiger partial charge in [-0.2, -0.15) is 4.98 Å². The smallest absolute Gasteiger partial charge is 0.231 e. The summed E-state index contributed by atoms with van der Waals surface area (Å²) in [5.41, 5.74) is 6.63. The highest BCUT2D eigenvalue weighted by atomic mass is 16.5. The first-order valence-electron chi connectivity index (χ1n) is 8.13. The Morgan fingerprint density at radius 1 is 1.20 bits per heavy atom. The van der Waals surface area contributed by atoms with Crippen molar-refractivity contribution in [1.82, 2.24) is 10.1 Å². The fourth-order valence-electron chi connectivity index (χ4n) is 3.08. The average Bonchev–Trinajstić information content (AvgIpc) is 3.33. The zero-order valence-corrected chi connectivity index (χ0v) is 14.7. The van der Waals surface area contributed by atoms with Crippen LogP contribution in [0, 0.1) is 5.92 Å². The van der Waals surface area contributed by atoms with E-state index in [2.05, 4.69) is 10.1 Å². The molecule has 0 amide bonds. The Labute approximate surface area is 146 Å². The van der Waals surface area contributed by atoms with Gasteiger partial charge in [0.05, 0.1) is 33.9 Å². The molecule has 0 aliphatic carbocycles. The van der Waals surface area contributed by atoms with Crippen molar-refractivity contribution in [3.05, 3.63) is 18.0 Å². The maximum Gasteiger partial charge on any atom is 0.231 e. The summed E-state index contributed by atoms with van der Waals surface area (Å²) in [5, 5.41) is 4.10. The van der Waals surface area contributed by atoms with E-state index in [1.165, 1.54) is 0 Å². The summed E-state index contributed by atoms with van der Waals surface area (Å²) in [4.78, 5) is 4.54. The number of benzene rings is 1. The van der Waals surface area contributed by atoms with Gasteiger partial charge in [0.2, 0.25) is 17.5 Å². The molecule has 0 radical (unpaired) electrons. The Hall–Kier alpha value is -2.32. The minimum atomic E-state index is -0.00853. The largest absolute Gasteiger partial charge is 0.493 e. The monoisotopic (exact) mass is 349 g/mol. The lowest BCUT2D eigenvalue weighted by Crippen LogP contribution is -2.22. The Morgan fingerprint density at radius 2 is 1.92 bits per heavy atom. The van der Waals surface area contributed by atoms with Crippen LogP contribution < -0.4 is 19.9 Å². The summed E-state index contributed by atoms with van der Waals surface area (Å²) in [6, 6.07) is 3.57. The molecule has 0 spiro atoms. The van der Waals surface area contributed by atoms with Gasteiger partial charge < -0.3 is 29.2 Å². The maximum atomic E-state index is 5.92. The quantitative estimate of drug-likeness (QED) is 0.808. The van der Waals surface area contributed by atoms with E-state index in [1.807, 2.05) is 0 Å². The molecule has 3 rings (SSSR count). The third-order valence-electron chi connectivity index (χ3n) is 4.47. The number of hydrogen-bond acceptors (Lipinski definition) is 8. The third-order valence-corrected chi connectivity index (χ3v) is 4.47. The molecule has 2 atom stereocenters. The molecule has 8 heteroatoms. The van der Waals surface area contributed by atoms with Crippen LogP contribution in [0.5, 0.6) is 17.2 Å². The molecule has 0 bridgehead atoms. The number of aromatic nitrogens is 2. The first-order chi connectivity index (χ1) is 12.2. The first kappa shape index (κ1) is 17.5. The van der Waals surface area contributed by atoms with Gasteiger partial charge in [-0.05, 0) is 24.5 Å². The summed E-state index contributed by atoms with van der Waals surface area (Å²) in [6.45, 7) is 1.85. The summed E-state index contributed by atoms with van der Waals surface area (Å²) < 4.78 is 27.0. The third kappa shape index (κ3) is 3.40. The predicted octanol–water partition coefficient (Wildman–Crippen LogP) is 1.84. The van der Waals surface area contributed by atoms with Gasteiger partial charge in [0.1, 0.15) is 0 Å². The van der Waals surface area contributed by atoms with E-state index < -0.39 is 0 Å². The minimum Gasteiger partial charge on any atom is -0.493 e. The zero-order valence-electron chi connectivity index (χ0n) is 14.7. The maximum absolute atomic E-state index is 5.92. The Kier molecular flexibility index (Phi) is 5.40. The van der Waals surface area contributed by atoms with Gasteiger partial charge in [-0.3, -0.25) is 0 Å². The summed E-state index contributed by atoms with van der Waals surface area (Å²) in [5.74, 6) is 2.85. The topological polar surface area (TPSA) is 102 Å². The van der Waals surface area contributed by atoms with Crippen LogP contribution in [0.1, 0.15) is 18.2 Å². The van der Waals surface area contributed by atoms with Crippen molar-refractivity contribution in [2.75, 3.05) is 41.1 Å². The number of methoxy groups -OCH3 is 3. The Balaban J connectivity index is 1.93. The van der Waals surface area contributed by atoms with E-state index in [1.54, 1.807) is 33.5 Å². The highest BCUT2D eigenvalue weighted by Gasteiger charge is 2.30. The van der Waals surface area contributed by atoms with Crippen molar-refractivity contribution in [2.45, 2.75) is 12.3 Å². The van der Waals surface area contributed by atoms with E-state index >= 15 is 0 Å². The normalized spacial score (nSPS) is 18.2. The SMILES string of the molecule is COc1cc(-c2noc(C(CN)C3CCOC3)n2)cc(OC)c1OC. The van der Waals surface area contributed by atoms with Crippen LogP contribution in [0.4, 0.5) is 0 Å². The molecule has 25 heavy (non-hydrogen) atoms. The summed E-state index contributed by atoms with van der Waals surface area (Å²) in [6.07, 6.45) is 0.948. The second kappa shape index (κ2) is 7.71. The van der Waals surface area contributed by atoms with Crippen LogP contribution in [-0.4, -0.2) is 51.2 Å². The molecule has 1 fully saturated rings. The van der Waals surface area contributed by atoms with Crippen molar-refractivity contribution >= 4 is 0 Å². The van der Waals surface area contributed by atoms with Crippen LogP contribution in [-0.2, 0) is 4.74 Å². The van der Waals surface area contributed by atoms with Gasteiger partial charge in [-0.1, -0.05) is 5.16 Å². The number of rotatable bonds is 7. The van der Waals surface area contributed by atoms with Crippen molar-refractivity contribution in [1.29, 1.82) is 0 Å². The fourth-order valence-corrected chi connectivity index (χ4v) is 3.08. The standard InChI is InChI=1S/C17H23N3O5/c1-21-13-6-11(7-14(22-2)15(13)23-3)16-19-17(25-20-16)12(8-18)10-4-5-24-9-10/h6-7,10,12H,4-5,8-9,18H2,1-3H3. The van der Waals surface area contributed by atoms with Crippen LogP contribution >= 0.6 is 0 Å². The molecule has 8 nitrogen and oxygen atoms in total. The predicted molar refractivity (Wildman–Crippen MR) is 90.1 cm³/mol. The number of hydrogen-bond donors (Lipinski definition) is 1. The lowest BCUT2D eigenvalue weighted by atomic mass is 9.91. The lowest BCUT2D eigenvalue weighted by molar-refractivity contribution is 0.176. The van der Waals surface area contributed by atoms with Crippen LogP contribution in [0.3, 0.4) is 0 Å². The summed E-state index contributed by atoms with van der Waals surface area (Å²) >= 11 is 0. The van der Waals surface area contributed by atoms with Crippen LogP contribution in [0.2, 0.25) is 0 Å². The molecule has 1 aliphatic rings. The van der Waals surface area contributed by atoms with Crippen molar-refractivity contribution in [2.24, 2.45) is 11.7 Å². The Bertz CT molecular complexity index is 687. The lowest BCUT2D eigenvalue weighted by Gasteiger charge is -2.15. The molecule has 1 saturated heterocycles. The van der Waals surface area contributed by atoms with Gasteiger partial charge >= 0.3 is 0 Å². The molecule has 136 valence electrons. The molecule has 2 aromatic rings. The zero-order chi connectivity index (χ0) is 17.8. The molecule has 2 N–H and O–H groups in total. The minimum absolute atomic E-state index is 0.00853. The van der Waals surface area contributed by atoms with Gasteiger partial charge in [-0.25, -0.2) is 0 Å². The van der Waals surface area contributed by atoms with Gasteiger partial charge in [0, 0.05) is 18.7 Å². The van der Waals surface area contributed by atoms with Gasteiger partial charge in [0.25, 0.3) is 0 Å². The van der Waals surface area contributed by atoms with Gasteiger partial charge in [0.15, 0.2) is 11.5 Å². The van der Waals surface area contributed by atoms with E-state index in [4.69, 9.17) is 29.2 Å². The Morgan fingerprint density at radius 3 is 2.44 bits per heavy atom. The average molecular weight is 349 g/mol. The highest BCUT2D eigenvalue weighted by Crippen LogP contribution is 2.41. The second-order valence-electron chi connectivity index (χ2n) is 5.84. The molecular formula is C17H23N3O5. The van der Waals surface area contributed by atoms with Crippen LogP contribution in [0.15, 0.2) is 16.7 Å². The van der Waals surface area contributed by atoms with Gasteiger partial charge in [-0.15, -0.1) is 0 Å². The molecule has 1 aromatic carbocycles. The molecule has 1 aromatic heterocycles. The fraction of sp³-hybridized carbons (Fsp3) is 0.529. The number of nitrogens with zero attached hydrogens (tertiary/aromatic N) is 2. The van der Waals surface area contributed by atoms with E-state index in [9.17, 15) is 0 Å². The van der Waals surface area contributed by atoms with Crippen LogP contribution in [0.25, 0.3) is 11.4 Å². The van der Waals surface area contributed by atoms with Crippen molar-refractivity contribution < 1.29 is 23.5 Å². The second-order valence-corrected chi connectivity index (χ2v) is 5.84. The first-order valence-corrected chi connectivity index (χ1v) is 8.13. The van der Waals surface area contributed by atoms with E-state index in [-0.39, 0.29) is 5.92 Å². The molecule has 2 unspecified atom stereocenters. The number of ether oxygens (including phenoxy) is 4. The number of nitrogens with two attached hydrogens (primary N) is 1. The van der Waals surface area contributed by atoms with E-state index in [0.29, 0.717) is 53.6 Å². The molecule has 2 heterocycles. The van der Waals surface area contributed by atoms with Crippen molar-refractivity contribution in [3.63, 3.8) is 0 Å². The molecule has 1 aliphatic heterocycles. The van der Waals surface area contributed by atoms with E-state index in [0.717, 1.165) is 13.0 Å². The summed E-state index contributed by atoms with van der Waals surface area (Å²) in [7, 11) is 4.68. The molecular weight excluding hydrogens is 326 g/mol.